The predicted molar refractivity (Wildman–Crippen MR) is 130 cm³/mol. The summed E-state index contributed by atoms with van der Waals surface area (Å²) in [5, 5.41) is 13.4. The molecule has 0 radical (unpaired) electrons. The predicted octanol–water partition coefficient (Wildman–Crippen LogP) is 4.96. The Balaban J connectivity index is 1.79. The Morgan fingerprint density at radius 1 is 1.03 bits per heavy atom. The molecular weight excluding hydrogens is 525 g/mol. The van der Waals surface area contributed by atoms with E-state index >= 15 is 0 Å². The first-order valence-corrected chi connectivity index (χ1v) is 11.1. The third kappa shape index (κ3) is 6.48. The SMILES string of the molecule is CCOC(=O)CN(C(=O)c1ccc(NC(=O)c2ccc([N+](=O)[O-])cc2)cc1)c1ccc(Br)cc1F. The van der Waals surface area contributed by atoms with Gasteiger partial charge in [-0.3, -0.25) is 29.4 Å². The summed E-state index contributed by atoms with van der Waals surface area (Å²) in [4.78, 5) is 48.8. The van der Waals surface area contributed by atoms with Gasteiger partial charge in [-0.25, -0.2) is 4.39 Å². The number of nitro groups is 1. The number of esters is 1. The van der Waals surface area contributed by atoms with Gasteiger partial charge in [0, 0.05) is 33.4 Å². The van der Waals surface area contributed by atoms with Crippen molar-refractivity contribution >= 4 is 50.8 Å². The van der Waals surface area contributed by atoms with Gasteiger partial charge in [-0.05, 0) is 61.5 Å². The van der Waals surface area contributed by atoms with E-state index in [1.807, 2.05) is 0 Å². The van der Waals surface area contributed by atoms with Crippen LogP contribution in [0.25, 0.3) is 0 Å². The first-order chi connectivity index (χ1) is 16.7. The fourth-order valence-corrected chi connectivity index (χ4v) is 3.43. The summed E-state index contributed by atoms with van der Waals surface area (Å²) >= 11 is 3.16. The van der Waals surface area contributed by atoms with Gasteiger partial charge in [-0.15, -0.1) is 0 Å². The lowest BCUT2D eigenvalue weighted by molar-refractivity contribution is -0.384. The van der Waals surface area contributed by atoms with Gasteiger partial charge in [0.1, 0.15) is 12.4 Å². The number of benzene rings is 3. The maximum Gasteiger partial charge on any atom is 0.326 e. The van der Waals surface area contributed by atoms with Crippen molar-refractivity contribution in [1.29, 1.82) is 0 Å². The fourth-order valence-electron chi connectivity index (χ4n) is 3.09. The number of nitrogens with one attached hydrogen (secondary N) is 1. The van der Waals surface area contributed by atoms with Gasteiger partial charge >= 0.3 is 5.97 Å². The summed E-state index contributed by atoms with van der Waals surface area (Å²) < 4.78 is 20.0. The lowest BCUT2D eigenvalue weighted by Gasteiger charge is -2.22. The number of anilines is 2. The number of carbonyl (C=O) groups excluding carboxylic acids is 3. The highest BCUT2D eigenvalue weighted by Crippen LogP contribution is 2.25. The molecule has 0 aromatic heterocycles. The molecule has 11 heteroatoms. The Labute approximate surface area is 207 Å². The van der Waals surface area contributed by atoms with Crippen LogP contribution >= 0.6 is 15.9 Å². The normalized spacial score (nSPS) is 10.4. The zero-order valence-electron chi connectivity index (χ0n) is 18.4. The average molecular weight is 544 g/mol. The number of rotatable bonds is 8. The van der Waals surface area contributed by atoms with Crippen molar-refractivity contribution in [2.45, 2.75) is 6.92 Å². The molecule has 2 amide bonds. The van der Waals surface area contributed by atoms with Gasteiger partial charge in [-0.2, -0.15) is 0 Å². The van der Waals surface area contributed by atoms with Crippen LogP contribution in [-0.2, 0) is 9.53 Å². The molecule has 0 heterocycles. The summed E-state index contributed by atoms with van der Waals surface area (Å²) in [5.41, 5.74) is 0.476. The van der Waals surface area contributed by atoms with Gasteiger partial charge in [0.05, 0.1) is 17.2 Å². The van der Waals surface area contributed by atoms with Gasteiger partial charge in [0.15, 0.2) is 0 Å². The van der Waals surface area contributed by atoms with E-state index in [0.717, 1.165) is 4.90 Å². The summed E-state index contributed by atoms with van der Waals surface area (Å²) in [5.74, 6) is -2.55. The number of hydrogen-bond acceptors (Lipinski definition) is 6. The molecule has 0 fully saturated rings. The molecule has 3 aromatic carbocycles. The van der Waals surface area contributed by atoms with Gasteiger partial charge in [0.2, 0.25) is 0 Å². The van der Waals surface area contributed by atoms with Gasteiger partial charge in [0.25, 0.3) is 17.5 Å². The topological polar surface area (TPSA) is 119 Å². The van der Waals surface area contributed by atoms with Crippen LogP contribution in [-0.4, -0.2) is 35.9 Å². The van der Waals surface area contributed by atoms with Crippen LogP contribution in [0.15, 0.2) is 71.2 Å². The van der Waals surface area contributed by atoms with Crippen LogP contribution in [0.2, 0.25) is 0 Å². The number of nitro benzene ring substituents is 1. The molecule has 0 unspecified atom stereocenters. The largest absolute Gasteiger partial charge is 0.465 e. The molecule has 0 saturated carbocycles. The summed E-state index contributed by atoms with van der Waals surface area (Å²) in [6.45, 7) is 1.23. The van der Waals surface area contributed by atoms with Crippen molar-refractivity contribution in [2.75, 3.05) is 23.4 Å². The molecule has 3 aromatic rings. The van der Waals surface area contributed by atoms with Crippen molar-refractivity contribution in [3.63, 3.8) is 0 Å². The van der Waals surface area contributed by atoms with Gasteiger partial charge < -0.3 is 10.1 Å². The standard InChI is InChI=1S/C24H19BrFN3O6/c1-2-35-22(30)14-28(21-12-7-17(25)13-20(21)26)24(32)16-3-8-18(9-4-16)27-23(31)15-5-10-19(11-6-15)29(33)34/h3-13H,2,14H2,1H3,(H,27,31). The minimum Gasteiger partial charge on any atom is -0.465 e. The molecular formula is C24H19BrFN3O6. The van der Waals surface area contributed by atoms with E-state index in [4.69, 9.17) is 4.74 Å². The van der Waals surface area contributed by atoms with E-state index in [1.165, 1.54) is 60.7 Å². The Kier molecular flexibility index (Phi) is 8.26. The van der Waals surface area contributed by atoms with Crippen LogP contribution in [0.4, 0.5) is 21.5 Å². The second kappa shape index (κ2) is 11.3. The molecule has 3 rings (SSSR count). The molecule has 9 nitrogen and oxygen atoms in total. The zero-order valence-corrected chi connectivity index (χ0v) is 20.0. The number of carbonyl (C=O) groups is 3. The number of hydrogen-bond donors (Lipinski definition) is 1. The third-order valence-corrected chi connectivity index (χ3v) is 5.26. The number of nitrogens with zero attached hydrogens (tertiary/aromatic N) is 2. The molecule has 0 aliphatic carbocycles. The first-order valence-electron chi connectivity index (χ1n) is 10.3. The van der Waals surface area contributed by atoms with Crippen LogP contribution in [0.1, 0.15) is 27.6 Å². The van der Waals surface area contributed by atoms with Crippen molar-refractivity contribution in [1.82, 2.24) is 0 Å². The van der Waals surface area contributed by atoms with Crippen molar-refractivity contribution in [2.24, 2.45) is 0 Å². The molecule has 180 valence electrons. The summed E-state index contributed by atoms with van der Waals surface area (Å²) in [6, 6.07) is 15.0. The molecule has 0 aliphatic rings. The molecule has 0 saturated heterocycles. The van der Waals surface area contributed by atoms with E-state index in [2.05, 4.69) is 21.2 Å². The minimum absolute atomic E-state index is 0.0956. The lowest BCUT2D eigenvalue weighted by Crippen LogP contribution is -2.37. The second-order valence-corrected chi connectivity index (χ2v) is 8.04. The van der Waals surface area contributed by atoms with Crippen molar-refractivity contribution in [3.8, 4) is 0 Å². The quantitative estimate of drug-likeness (QED) is 0.243. The van der Waals surface area contributed by atoms with E-state index in [1.54, 1.807) is 13.0 Å². The Hall–Kier alpha value is -4.12. The van der Waals surface area contributed by atoms with Crippen LogP contribution in [0.5, 0.6) is 0 Å². The highest BCUT2D eigenvalue weighted by atomic mass is 79.9. The first kappa shape index (κ1) is 25.5. The second-order valence-electron chi connectivity index (χ2n) is 7.13. The fraction of sp³-hybridized carbons (Fsp3) is 0.125. The number of ether oxygens (including phenoxy) is 1. The average Bonchev–Trinajstić information content (AvgIpc) is 2.83. The molecule has 0 spiro atoms. The van der Waals surface area contributed by atoms with Crippen LogP contribution in [0.3, 0.4) is 0 Å². The summed E-state index contributed by atoms with van der Waals surface area (Å²) in [7, 11) is 0. The van der Waals surface area contributed by atoms with E-state index in [9.17, 15) is 28.9 Å². The van der Waals surface area contributed by atoms with Crippen molar-refractivity contribution in [3.05, 3.63) is 98.3 Å². The highest BCUT2D eigenvalue weighted by Gasteiger charge is 2.24. The van der Waals surface area contributed by atoms with Crippen LogP contribution < -0.4 is 10.2 Å². The molecule has 35 heavy (non-hydrogen) atoms. The number of halogens is 2. The van der Waals surface area contributed by atoms with Crippen LogP contribution in [0, 0.1) is 15.9 Å². The number of amides is 2. The summed E-state index contributed by atoms with van der Waals surface area (Å²) in [6.07, 6.45) is 0. The maximum absolute atomic E-state index is 14.6. The molecule has 0 atom stereocenters. The van der Waals surface area contributed by atoms with E-state index in [-0.39, 0.29) is 29.1 Å². The maximum atomic E-state index is 14.6. The van der Waals surface area contributed by atoms with E-state index in [0.29, 0.717) is 10.2 Å². The third-order valence-electron chi connectivity index (χ3n) is 4.77. The smallest absolute Gasteiger partial charge is 0.326 e. The Morgan fingerprint density at radius 3 is 2.23 bits per heavy atom. The number of non-ortho nitro benzene ring substituents is 1. The van der Waals surface area contributed by atoms with Crippen molar-refractivity contribution < 1.29 is 28.4 Å². The lowest BCUT2D eigenvalue weighted by atomic mass is 10.1. The van der Waals surface area contributed by atoms with Gasteiger partial charge in [-0.1, -0.05) is 15.9 Å². The monoisotopic (exact) mass is 543 g/mol. The molecule has 0 aliphatic heterocycles. The zero-order chi connectivity index (χ0) is 25.5. The molecule has 0 bridgehead atoms. The van der Waals surface area contributed by atoms with E-state index < -0.39 is 35.1 Å². The molecule has 1 N–H and O–H groups in total. The Morgan fingerprint density at radius 2 is 1.66 bits per heavy atom. The minimum atomic E-state index is -0.705. The highest BCUT2D eigenvalue weighted by molar-refractivity contribution is 9.10. The Bertz CT molecular complexity index is 1270.